The van der Waals surface area contributed by atoms with E-state index in [-0.39, 0.29) is 17.3 Å². The topological polar surface area (TPSA) is 63.2 Å². The Balaban J connectivity index is 1.40. The molecule has 2 unspecified atom stereocenters. The molecule has 2 aromatic rings. The van der Waals surface area contributed by atoms with Gasteiger partial charge in [0.15, 0.2) is 0 Å². The molecule has 5 nitrogen and oxygen atoms in total. The minimum atomic E-state index is -0.187. The predicted octanol–water partition coefficient (Wildman–Crippen LogP) is 4.45. The van der Waals surface area contributed by atoms with Crippen molar-refractivity contribution in [2.75, 3.05) is 12.4 Å². The number of carbonyl (C=O) groups excluding carboxylic acids is 1. The lowest BCUT2D eigenvalue weighted by molar-refractivity contribution is -0.122. The molecule has 2 heterocycles. The number of unbranched alkanes of at least 4 members (excludes halogenated alkanes) is 4. The number of hydrogen-bond acceptors (Lipinski definition) is 5. The highest BCUT2D eigenvalue weighted by Gasteiger charge is 2.30. The number of amides is 1. The van der Waals surface area contributed by atoms with Crippen LogP contribution in [0.25, 0.3) is 0 Å². The maximum Gasteiger partial charge on any atom is 0.238 e. The molecule has 1 aliphatic heterocycles. The Labute approximate surface area is 178 Å². The fourth-order valence-electron chi connectivity index (χ4n) is 3.30. The highest BCUT2D eigenvalue weighted by Crippen LogP contribution is 2.32. The number of nitrogens with one attached hydrogen (secondary N) is 2. The molecule has 0 spiro atoms. The Hall–Kier alpha value is -2.05. The Bertz CT molecular complexity index is 757. The molecule has 0 aliphatic carbocycles. The van der Waals surface area contributed by atoms with Gasteiger partial charge in [-0.1, -0.05) is 50.8 Å². The molecule has 0 radical (unpaired) electrons. The first-order valence-electron chi connectivity index (χ1n) is 10.5. The number of nitrogens with zero attached hydrogens (tertiary/aromatic N) is 1. The van der Waals surface area contributed by atoms with Gasteiger partial charge in [0.2, 0.25) is 5.91 Å². The third kappa shape index (κ3) is 7.05. The van der Waals surface area contributed by atoms with Crippen LogP contribution in [-0.4, -0.2) is 29.3 Å². The summed E-state index contributed by atoms with van der Waals surface area (Å²) in [5.74, 6) is 1.66. The van der Waals surface area contributed by atoms with Crippen molar-refractivity contribution in [2.24, 2.45) is 0 Å². The van der Waals surface area contributed by atoms with Crippen LogP contribution >= 0.6 is 11.8 Å². The maximum atomic E-state index is 12.5. The molecule has 0 bridgehead atoms. The van der Waals surface area contributed by atoms with Crippen molar-refractivity contribution in [1.82, 2.24) is 15.6 Å². The third-order valence-electron chi connectivity index (χ3n) is 4.97. The van der Waals surface area contributed by atoms with Gasteiger partial charge >= 0.3 is 0 Å². The van der Waals surface area contributed by atoms with Crippen LogP contribution in [-0.2, 0) is 11.3 Å². The molecule has 29 heavy (non-hydrogen) atoms. The average molecular weight is 414 g/mol. The Kier molecular flexibility index (Phi) is 8.83. The smallest absolute Gasteiger partial charge is 0.238 e. The van der Waals surface area contributed by atoms with E-state index in [1.54, 1.807) is 18.0 Å². The fourth-order valence-corrected chi connectivity index (χ4v) is 4.52. The van der Waals surface area contributed by atoms with Crippen LogP contribution in [0.4, 0.5) is 0 Å². The maximum absolute atomic E-state index is 12.5. The van der Waals surface area contributed by atoms with Crippen molar-refractivity contribution in [1.29, 1.82) is 0 Å². The van der Waals surface area contributed by atoms with Crippen LogP contribution < -0.4 is 15.4 Å². The minimum absolute atomic E-state index is 0.0335. The van der Waals surface area contributed by atoms with E-state index in [0.29, 0.717) is 6.54 Å². The molecule has 1 aromatic heterocycles. The number of aromatic nitrogens is 1. The molecule has 6 heteroatoms. The molecule has 1 saturated heterocycles. The number of rotatable bonds is 11. The van der Waals surface area contributed by atoms with Crippen LogP contribution in [0.5, 0.6) is 5.75 Å². The molecule has 156 valence electrons. The SMILES string of the molecule is CCCCCCCOc1cccc(CNC(=O)C2CSC(c3cccnc3)N2)c1. The van der Waals surface area contributed by atoms with E-state index in [4.69, 9.17) is 4.74 Å². The van der Waals surface area contributed by atoms with Gasteiger partial charge in [-0.05, 0) is 35.7 Å². The molecule has 1 amide bonds. The number of carbonyl (C=O) groups is 1. The molecule has 1 fully saturated rings. The van der Waals surface area contributed by atoms with E-state index in [1.807, 2.05) is 42.6 Å². The summed E-state index contributed by atoms with van der Waals surface area (Å²) in [7, 11) is 0. The number of hydrogen-bond donors (Lipinski definition) is 2. The zero-order valence-electron chi connectivity index (χ0n) is 17.1. The van der Waals surface area contributed by atoms with Gasteiger partial charge < -0.3 is 10.1 Å². The van der Waals surface area contributed by atoms with E-state index in [2.05, 4.69) is 22.5 Å². The average Bonchev–Trinajstić information content (AvgIpc) is 3.26. The standard InChI is InChI=1S/C23H31N3O2S/c1-2-3-4-5-6-13-28-20-11-7-9-18(14-20)15-25-22(27)21-17-29-23(26-21)19-10-8-12-24-16-19/h7-12,14,16,21,23,26H,2-6,13,15,17H2,1H3,(H,25,27). The molecule has 3 rings (SSSR count). The van der Waals surface area contributed by atoms with Crippen molar-refractivity contribution in [3.05, 3.63) is 59.9 Å². The van der Waals surface area contributed by atoms with E-state index in [9.17, 15) is 4.79 Å². The lowest BCUT2D eigenvalue weighted by atomic mass is 10.2. The van der Waals surface area contributed by atoms with Gasteiger partial charge in [-0.15, -0.1) is 11.8 Å². The van der Waals surface area contributed by atoms with Gasteiger partial charge in [-0.3, -0.25) is 15.1 Å². The molecule has 2 N–H and O–H groups in total. The molecular weight excluding hydrogens is 382 g/mol. The van der Waals surface area contributed by atoms with E-state index in [0.717, 1.165) is 35.7 Å². The summed E-state index contributed by atoms with van der Waals surface area (Å²) in [5.41, 5.74) is 2.16. The number of benzene rings is 1. The second kappa shape index (κ2) is 11.8. The third-order valence-corrected chi connectivity index (χ3v) is 6.23. The lowest BCUT2D eigenvalue weighted by Gasteiger charge is -2.14. The monoisotopic (exact) mass is 413 g/mol. The predicted molar refractivity (Wildman–Crippen MR) is 119 cm³/mol. The number of thioether (sulfide) groups is 1. The zero-order chi connectivity index (χ0) is 20.3. The Morgan fingerprint density at radius 2 is 2.14 bits per heavy atom. The van der Waals surface area contributed by atoms with E-state index >= 15 is 0 Å². The van der Waals surface area contributed by atoms with Crippen molar-refractivity contribution in [2.45, 2.75) is 57.0 Å². The lowest BCUT2D eigenvalue weighted by Crippen LogP contribution is -2.42. The van der Waals surface area contributed by atoms with Gasteiger partial charge in [-0.25, -0.2) is 0 Å². The van der Waals surface area contributed by atoms with Crippen LogP contribution in [0.15, 0.2) is 48.8 Å². The largest absolute Gasteiger partial charge is 0.494 e. The van der Waals surface area contributed by atoms with Crippen LogP contribution in [0, 0.1) is 0 Å². The molecular formula is C23H31N3O2S. The molecule has 1 aliphatic rings. The second-order valence-electron chi connectivity index (χ2n) is 7.35. The molecule has 0 saturated carbocycles. The quantitative estimate of drug-likeness (QED) is 0.533. The molecule has 1 aromatic carbocycles. The van der Waals surface area contributed by atoms with Gasteiger partial charge in [0.25, 0.3) is 0 Å². The first kappa shape index (κ1) is 21.7. The number of ether oxygens (including phenoxy) is 1. The highest BCUT2D eigenvalue weighted by molar-refractivity contribution is 7.99. The summed E-state index contributed by atoms with van der Waals surface area (Å²) in [4.78, 5) is 16.7. The Morgan fingerprint density at radius 3 is 2.97 bits per heavy atom. The minimum Gasteiger partial charge on any atom is -0.494 e. The summed E-state index contributed by atoms with van der Waals surface area (Å²) in [6.45, 7) is 3.48. The second-order valence-corrected chi connectivity index (χ2v) is 8.48. The summed E-state index contributed by atoms with van der Waals surface area (Å²) in [6.07, 6.45) is 9.75. The first-order valence-corrected chi connectivity index (χ1v) is 11.6. The normalized spacial score (nSPS) is 18.5. The highest BCUT2D eigenvalue weighted by atomic mass is 32.2. The summed E-state index contributed by atoms with van der Waals surface area (Å²) >= 11 is 1.74. The van der Waals surface area contributed by atoms with Crippen molar-refractivity contribution in [3.8, 4) is 5.75 Å². The van der Waals surface area contributed by atoms with Gasteiger partial charge in [-0.2, -0.15) is 0 Å². The summed E-state index contributed by atoms with van der Waals surface area (Å²) < 4.78 is 5.86. The summed E-state index contributed by atoms with van der Waals surface area (Å²) in [5, 5.41) is 6.55. The first-order chi connectivity index (χ1) is 14.3. The van der Waals surface area contributed by atoms with Crippen LogP contribution in [0.3, 0.4) is 0 Å². The van der Waals surface area contributed by atoms with Crippen molar-refractivity contribution < 1.29 is 9.53 Å². The van der Waals surface area contributed by atoms with Crippen LogP contribution in [0.2, 0.25) is 0 Å². The van der Waals surface area contributed by atoms with Gasteiger partial charge in [0.1, 0.15) is 5.75 Å². The summed E-state index contributed by atoms with van der Waals surface area (Å²) in [6, 6.07) is 11.8. The zero-order valence-corrected chi connectivity index (χ0v) is 17.9. The molecule has 2 atom stereocenters. The van der Waals surface area contributed by atoms with E-state index in [1.165, 1.54) is 25.7 Å². The van der Waals surface area contributed by atoms with E-state index < -0.39 is 0 Å². The van der Waals surface area contributed by atoms with Gasteiger partial charge in [0.05, 0.1) is 18.0 Å². The van der Waals surface area contributed by atoms with Crippen molar-refractivity contribution >= 4 is 17.7 Å². The van der Waals surface area contributed by atoms with Crippen molar-refractivity contribution in [3.63, 3.8) is 0 Å². The number of pyridine rings is 1. The van der Waals surface area contributed by atoms with Crippen LogP contribution in [0.1, 0.15) is 55.5 Å². The van der Waals surface area contributed by atoms with Gasteiger partial charge in [0, 0.05) is 24.7 Å². The Morgan fingerprint density at radius 1 is 1.24 bits per heavy atom. The fraction of sp³-hybridized carbons (Fsp3) is 0.478.